The molecule has 2 saturated heterocycles. The van der Waals surface area contributed by atoms with Gasteiger partial charge in [0.25, 0.3) is 0 Å². The maximum atomic E-state index is 5.52. The predicted octanol–water partition coefficient (Wildman–Crippen LogP) is 2.57. The Morgan fingerprint density at radius 2 is 1.87 bits per heavy atom. The Morgan fingerprint density at radius 1 is 1.17 bits per heavy atom. The van der Waals surface area contributed by atoms with Crippen LogP contribution in [0.3, 0.4) is 0 Å². The van der Waals surface area contributed by atoms with Gasteiger partial charge in [0.1, 0.15) is 5.75 Å². The third-order valence-corrected chi connectivity index (χ3v) is 5.42. The van der Waals surface area contributed by atoms with Gasteiger partial charge in [0.05, 0.1) is 13.7 Å². The molecule has 3 rings (SSSR count). The molecule has 1 aromatic carbocycles. The van der Waals surface area contributed by atoms with Gasteiger partial charge in [-0.3, -0.25) is 4.90 Å². The quantitative estimate of drug-likeness (QED) is 0.893. The van der Waals surface area contributed by atoms with Gasteiger partial charge in [0, 0.05) is 32.7 Å². The van der Waals surface area contributed by atoms with Gasteiger partial charge in [-0.25, -0.2) is 0 Å². The maximum absolute atomic E-state index is 5.52. The molecule has 0 radical (unpaired) electrons. The van der Waals surface area contributed by atoms with Crippen molar-refractivity contribution >= 4 is 12.4 Å². The molecule has 23 heavy (non-hydrogen) atoms. The smallest absolute Gasteiger partial charge is 0.118 e. The highest BCUT2D eigenvalue weighted by molar-refractivity contribution is 5.85. The van der Waals surface area contributed by atoms with Gasteiger partial charge in [-0.1, -0.05) is 12.1 Å². The van der Waals surface area contributed by atoms with Crippen LogP contribution in [0.5, 0.6) is 5.75 Å². The molecule has 2 heterocycles. The Bertz CT molecular complexity index is 474. The summed E-state index contributed by atoms with van der Waals surface area (Å²) >= 11 is 0. The summed E-state index contributed by atoms with van der Waals surface area (Å²) in [5, 5.41) is 3.50. The number of halogens is 1. The van der Waals surface area contributed by atoms with Gasteiger partial charge in [-0.15, -0.1) is 12.4 Å². The van der Waals surface area contributed by atoms with Crippen LogP contribution < -0.4 is 10.1 Å². The average Bonchev–Trinajstić information content (AvgIpc) is 2.86. The lowest BCUT2D eigenvalue weighted by molar-refractivity contribution is 0.0716. The molecule has 0 saturated carbocycles. The van der Waals surface area contributed by atoms with Crippen molar-refractivity contribution in [2.75, 3.05) is 47.0 Å². The van der Waals surface area contributed by atoms with Crippen LogP contribution in [0, 0.1) is 11.3 Å². The van der Waals surface area contributed by atoms with E-state index in [1.807, 2.05) is 7.11 Å². The molecule has 1 spiro atoms. The Morgan fingerprint density at radius 3 is 2.48 bits per heavy atom. The monoisotopic (exact) mass is 340 g/mol. The number of benzene rings is 1. The average molecular weight is 341 g/mol. The number of nitrogens with one attached hydrogen (secondary N) is 1. The molecule has 1 aromatic rings. The molecule has 0 bridgehead atoms. The van der Waals surface area contributed by atoms with E-state index in [0.29, 0.717) is 11.3 Å². The van der Waals surface area contributed by atoms with Gasteiger partial charge in [0.2, 0.25) is 0 Å². The molecule has 1 N–H and O–H groups in total. The number of methoxy groups -OCH3 is 2. The van der Waals surface area contributed by atoms with Crippen molar-refractivity contribution in [3.63, 3.8) is 0 Å². The molecule has 130 valence electrons. The summed E-state index contributed by atoms with van der Waals surface area (Å²) < 4.78 is 10.8. The molecule has 5 heteroatoms. The van der Waals surface area contributed by atoms with Crippen molar-refractivity contribution in [1.82, 2.24) is 10.2 Å². The van der Waals surface area contributed by atoms with E-state index >= 15 is 0 Å². The first-order chi connectivity index (χ1) is 10.8. The van der Waals surface area contributed by atoms with E-state index in [4.69, 9.17) is 9.47 Å². The van der Waals surface area contributed by atoms with E-state index in [1.165, 1.54) is 24.9 Å². The molecular weight excluding hydrogens is 312 g/mol. The lowest BCUT2D eigenvalue weighted by Crippen LogP contribution is -2.43. The Hall–Kier alpha value is -0.810. The molecule has 0 amide bonds. The number of nitrogens with zero attached hydrogens (tertiary/aromatic N) is 1. The molecule has 1 atom stereocenters. The van der Waals surface area contributed by atoms with Crippen LogP contribution in [0.15, 0.2) is 24.3 Å². The van der Waals surface area contributed by atoms with Crippen LogP contribution in [0.4, 0.5) is 0 Å². The summed E-state index contributed by atoms with van der Waals surface area (Å²) in [7, 11) is 3.55. The van der Waals surface area contributed by atoms with Crippen LogP contribution in [-0.2, 0) is 11.3 Å². The first-order valence-corrected chi connectivity index (χ1v) is 8.31. The predicted molar refractivity (Wildman–Crippen MR) is 95.4 cm³/mol. The number of hydrogen-bond acceptors (Lipinski definition) is 4. The summed E-state index contributed by atoms with van der Waals surface area (Å²) in [6.45, 7) is 6.57. The van der Waals surface area contributed by atoms with Crippen LogP contribution >= 0.6 is 12.4 Å². The van der Waals surface area contributed by atoms with Gasteiger partial charge in [-0.05, 0) is 49.0 Å². The van der Waals surface area contributed by atoms with Crippen molar-refractivity contribution in [1.29, 1.82) is 0 Å². The second-order valence-corrected chi connectivity index (χ2v) is 6.78. The number of rotatable bonds is 5. The summed E-state index contributed by atoms with van der Waals surface area (Å²) in [5.74, 6) is 1.59. The van der Waals surface area contributed by atoms with Gasteiger partial charge in [0.15, 0.2) is 0 Å². The number of ether oxygens (including phenoxy) is 2. The first-order valence-electron chi connectivity index (χ1n) is 8.31. The highest BCUT2D eigenvalue weighted by Crippen LogP contribution is 2.43. The molecule has 2 aliphatic rings. The summed E-state index contributed by atoms with van der Waals surface area (Å²) in [6, 6.07) is 8.46. The number of hydrogen-bond donors (Lipinski definition) is 1. The van der Waals surface area contributed by atoms with E-state index in [-0.39, 0.29) is 12.4 Å². The van der Waals surface area contributed by atoms with Crippen LogP contribution in [0.2, 0.25) is 0 Å². The second kappa shape index (κ2) is 8.34. The minimum Gasteiger partial charge on any atom is -0.497 e. The maximum Gasteiger partial charge on any atom is 0.118 e. The standard InChI is InChI=1S/C18H28N2O2.ClH/c1-21-13-16-12-20(14-18(16)7-9-19-10-8-18)11-15-3-5-17(22-2)6-4-15;/h3-6,16,19H,7-14H2,1-2H3;1H. The van der Waals surface area contributed by atoms with Crippen molar-refractivity contribution in [3.8, 4) is 5.75 Å². The fraction of sp³-hybridized carbons (Fsp3) is 0.667. The van der Waals surface area contributed by atoms with E-state index in [1.54, 1.807) is 7.11 Å². The Kier molecular flexibility index (Phi) is 6.72. The molecule has 0 aliphatic carbocycles. The Labute approximate surface area is 145 Å². The minimum absolute atomic E-state index is 0. The zero-order valence-corrected chi connectivity index (χ0v) is 15.0. The normalized spacial score (nSPS) is 23.7. The van der Waals surface area contributed by atoms with Crippen molar-refractivity contribution < 1.29 is 9.47 Å². The third kappa shape index (κ3) is 4.18. The van der Waals surface area contributed by atoms with E-state index in [2.05, 4.69) is 34.5 Å². The van der Waals surface area contributed by atoms with E-state index in [9.17, 15) is 0 Å². The molecular formula is C18H29ClN2O2. The molecule has 2 fully saturated rings. The zero-order valence-electron chi connectivity index (χ0n) is 14.2. The van der Waals surface area contributed by atoms with Crippen LogP contribution in [0.25, 0.3) is 0 Å². The summed E-state index contributed by atoms with van der Waals surface area (Å²) in [5.41, 5.74) is 1.82. The van der Waals surface area contributed by atoms with Crippen molar-refractivity contribution in [2.24, 2.45) is 11.3 Å². The van der Waals surface area contributed by atoms with Crippen molar-refractivity contribution in [3.05, 3.63) is 29.8 Å². The van der Waals surface area contributed by atoms with Gasteiger partial charge < -0.3 is 14.8 Å². The van der Waals surface area contributed by atoms with Gasteiger partial charge in [-0.2, -0.15) is 0 Å². The lowest BCUT2D eigenvalue weighted by atomic mass is 9.71. The fourth-order valence-corrected chi connectivity index (χ4v) is 4.18. The molecule has 1 unspecified atom stereocenters. The molecule has 4 nitrogen and oxygen atoms in total. The van der Waals surface area contributed by atoms with Crippen molar-refractivity contribution in [2.45, 2.75) is 19.4 Å². The highest BCUT2D eigenvalue weighted by Gasteiger charge is 2.46. The van der Waals surface area contributed by atoms with E-state index in [0.717, 1.165) is 38.5 Å². The van der Waals surface area contributed by atoms with E-state index < -0.39 is 0 Å². The Balaban J connectivity index is 0.00000192. The number of piperidine rings is 1. The summed E-state index contributed by atoms with van der Waals surface area (Å²) in [4.78, 5) is 2.61. The van der Waals surface area contributed by atoms with Crippen LogP contribution in [0.1, 0.15) is 18.4 Å². The first kappa shape index (κ1) is 18.5. The fourth-order valence-electron chi connectivity index (χ4n) is 4.18. The van der Waals surface area contributed by atoms with Crippen LogP contribution in [-0.4, -0.2) is 51.9 Å². The topological polar surface area (TPSA) is 33.7 Å². The molecule has 2 aliphatic heterocycles. The molecule has 0 aromatic heterocycles. The second-order valence-electron chi connectivity index (χ2n) is 6.78. The summed E-state index contributed by atoms with van der Waals surface area (Å²) in [6.07, 6.45) is 2.56. The number of likely N-dealkylation sites (tertiary alicyclic amines) is 1. The van der Waals surface area contributed by atoms with Gasteiger partial charge >= 0.3 is 0 Å². The largest absolute Gasteiger partial charge is 0.497 e. The lowest BCUT2D eigenvalue weighted by Gasteiger charge is -2.38. The highest BCUT2D eigenvalue weighted by atomic mass is 35.5. The third-order valence-electron chi connectivity index (χ3n) is 5.42. The SMILES string of the molecule is COCC1CN(Cc2ccc(OC)cc2)CC12CCNCC2.Cl. The zero-order chi connectivity index (χ0) is 15.4. The minimum atomic E-state index is 0.